The lowest BCUT2D eigenvalue weighted by Crippen LogP contribution is -2.43. The van der Waals surface area contributed by atoms with E-state index in [0.717, 1.165) is 0 Å². The molecule has 1 N–H and O–H groups in total. The van der Waals surface area contributed by atoms with Crippen LogP contribution in [-0.4, -0.2) is 46.2 Å². The van der Waals surface area contributed by atoms with E-state index in [2.05, 4.69) is 0 Å². The van der Waals surface area contributed by atoms with Gasteiger partial charge in [-0.1, -0.05) is 6.07 Å². The first kappa shape index (κ1) is 15.0. The Hall–Kier alpha value is -1.40. The van der Waals surface area contributed by atoms with Crippen molar-refractivity contribution in [2.45, 2.75) is 44.9 Å². The highest BCUT2D eigenvalue weighted by atomic mass is 32.1. The fourth-order valence-electron chi connectivity index (χ4n) is 2.17. The van der Waals surface area contributed by atoms with Gasteiger partial charge in [-0.15, -0.1) is 11.3 Å². The van der Waals surface area contributed by atoms with Gasteiger partial charge in [0.1, 0.15) is 11.6 Å². The van der Waals surface area contributed by atoms with Crippen molar-refractivity contribution in [3.05, 3.63) is 22.4 Å². The van der Waals surface area contributed by atoms with Crippen LogP contribution in [0.3, 0.4) is 0 Å². The number of Topliss-reactive ketones (excluding diaryl/α,β-unsaturated/α-hetero) is 1. The molecule has 6 heteroatoms. The molecule has 1 fully saturated rings. The summed E-state index contributed by atoms with van der Waals surface area (Å²) in [6.07, 6.45) is -0.976. The fourth-order valence-corrected chi connectivity index (χ4v) is 2.88. The minimum atomic E-state index is -0.684. The predicted molar refractivity (Wildman–Crippen MR) is 76.0 cm³/mol. The van der Waals surface area contributed by atoms with Crippen molar-refractivity contribution >= 4 is 23.2 Å². The number of aliphatic hydroxyl groups excluding tert-OH is 1. The maximum atomic E-state index is 12.4. The van der Waals surface area contributed by atoms with Gasteiger partial charge in [0.15, 0.2) is 5.78 Å². The summed E-state index contributed by atoms with van der Waals surface area (Å²) in [5, 5.41) is 11.6. The van der Waals surface area contributed by atoms with Gasteiger partial charge in [-0.05, 0) is 32.2 Å². The monoisotopic (exact) mass is 297 g/mol. The highest BCUT2D eigenvalue weighted by Gasteiger charge is 2.41. The third kappa shape index (κ3) is 3.37. The summed E-state index contributed by atoms with van der Waals surface area (Å²) >= 11 is 1.34. The van der Waals surface area contributed by atoms with Crippen LogP contribution in [0.4, 0.5) is 4.79 Å². The Kier molecular flexibility index (Phi) is 4.15. The Balaban J connectivity index is 2.14. The van der Waals surface area contributed by atoms with Crippen LogP contribution in [0.15, 0.2) is 17.5 Å². The van der Waals surface area contributed by atoms with Crippen LogP contribution in [0, 0.1) is 0 Å². The van der Waals surface area contributed by atoms with Crippen molar-refractivity contribution in [3.63, 3.8) is 0 Å². The first-order chi connectivity index (χ1) is 9.28. The fraction of sp³-hybridized carbons (Fsp3) is 0.571. The molecule has 0 bridgehead atoms. The molecule has 0 saturated carbocycles. The zero-order valence-electron chi connectivity index (χ0n) is 11.8. The maximum Gasteiger partial charge on any atom is 0.411 e. The molecule has 1 aliphatic heterocycles. The second-order valence-corrected chi connectivity index (χ2v) is 6.83. The molecule has 0 spiro atoms. The summed E-state index contributed by atoms with van der Waals surface area (Å²) in [7, 11) is 0. The van der Waals surface area contributed by atoms with E-state index in [1.54, 1.807) is 32.9 Å². The summed E-state index contributed by atoms with van der Waals surface area (Å²) < 4.78 is 5.29. The van der Waals surface area contributed by atoms with Crippen molar-refractivity contribution in [2.75, 3.05) is 6.54 Å². The zero-order chi connectivity index (χ0) is 14.9. The van der Waals surface area contributed by atoms with Crippen LogP contribution in [0.5, 0.6) is 0 Å². The lowest BCUT2D eigenvalue weighted by molar-refractivity contribution is 0.0206. The Morgan fingerprint density at radius 3 is 2.70 bits per heavy atom. The summed E-state index contributed by atoms with van der Waals surface area (Å²) in [5.74, 6) is -0.137. The van der Waals surface area contributed by atoms with E-state index in [-0.39, 0.29) is 18.7 Å². The number of carbonyl (C=O) groups is 2. The lowest BCUT2D eigenvalue weighted by Gasteiger charge is -2.27. The smallest absolute Gasteiger partial charge is 0.411 e. The van der Waals surface area contributed by atoms with E-state index in [4.69, 9.17) is 4.74 Å². The number of β-amino-alcohol motifs (C(OH)–C–C–N with tert-alkyl or cyclic N) is 1. The van der Waals surface area contributed by atoms with Gasteiger partial charge in [-0.25, -0.2) is 4.79 Å². The number of hydrogen-bond acceptors (Lipinski definition) is 5. The molecule has 0 aliphatic carbocycles. The highest BCUT2D eigenvalue weighted by molar-refractivity contribution is 7.12. The molecule has 2 rings (SSSR count). The number of amides is 1. The number of carbonyl (C=O) groups excluding carboxylic acids is 2. The molecule has 2 heterocycles. The maximum absolute atomic E-state index is 12.4. The van der Waals surface area contributed by atoms with Gasteiger partial charge in [0.25, 0.3) is 0 Å². The van der Waals surface area contributed by atoms with E-state index in [0.29, 0.717) is 4.88 Å². The topological polar surface area (TPSA) is 66.8 Å². The van der Waals surface area contributed by atoms with Crippen LogP contribution in [0.2, 0.25) is 0 Å². The number of likely N-dealkylation sites (tertiary alicyclic amines) is 1. The Morgan fingerprint density at radius 2 is 2.15 bits per heavy atom. The number of thiophene rings is 1. The first-order valence-electron chi connectivity index (χ1n) is 6.53. The first-order valence-corrected chi connectivity index (χ1v) is 7.41. The van der Waals surface area contributed by atoms with E-state index in [1.165, 1.54) is 16.2 Å². The molecule has 1 aromatic heterocycles. The van der Waals surface area contributed by atoms with Gasteiger partial charge in [0.2, 0.25) is 0 Å². The third-order valence-corrected chi connectivity index (χ3v) is 3.86. The van der Waals surface area contributed by atoms with E-state index in [1.807, 2.05) is 5.38 Å². The Labute approximate surface area is 122 Å². The predicted octanol–water partition coefficient (Wildman–Crippen LogP) is 2.30. The van der Waals surface area contributed by atoms with E-state index in [9.17, 15) is 14.7 Å². The number of ketones is 1. The Bertz CT molecular complexity index is 492. The Morgan fingerprint density at radius 1 is 1.45 bits per heavy atom. The van der Waals surface area contributed by atoms with Crippen LogP contribution >= 0.6 is 11.3 Å². The van der Waals surface area contributed by atoms with Gasteiger partial charge in [0, 0.05) is 6.42 Å². The van der Waals surface area contributed by atoms with Gasteiger partial charge in [0.05, 0.1) is 17.5 Å². The van der Waals surface area contributed by atoms with Gasteiger partial charge in [-0.2, -0.15) is 0 Å². The largest absolute Gasteiger partial charge is 0.444 e. The van der Waals surface area contributed by atoms with Gasteiger partial charge in [-0.3, -0.25) is 9.69 Å². The molecular weight excluding hydrogens is 278 g/mol. The molecule has 20 heavy (non-hydrogen) atoms. The summed E-state index contributed by atoms with van der Waals surface area (Å²) in [6, 6.07) is 2.88. The summed E-state index contributed by atoms with van der Waals surface area (Å²) in [6.45, 7) is 5.45. The summed E-state index contributed by atoms with van der Waals surface area (Å²) in [5.41, 5.74) is -0.624. The van der Waals surface area contributed by atoms with Gasteiger partial charge >= 0.3 is 6.09 Å². The molecular formula is C14H19NO4S. The van der Waals surface area contributed by atoms with Crippen molar-refractivity contribution in [2.24, 2.45) is 0 Å². The lowest BCUT2D eigenvalue weighted by atomic mass is 10.1. The molecule has 1 amide bonds. The van der Waals surface area contributed by atoms with Crippen LogP contribution in [0.25, 0.3) is 0 Å². The number of nitrogens with zero attached hydrogens (tertiary/aromatic N) is 1. The summed E-state index contributed by atoms with van der Waals surface area (Å²) in [4.78, 5) is 26.4. The minimum Gasteiger partial charge on any atom is -0.444 e. The number of ether oxygens (including phenoxy) is 1. The van der Waals surface area contributed by atoms with Gasteiger partial charge < -0.3 is 9.84 Å². The molecule has 2 atom stereocenters. The number of rotatable bonds is 2. The molecule has 1 aromatic rings. The molecule has 0 aromatic carbocycles. The quantitative estimate of drug-likeness (QED) is 0.851. The van der Waals surface area contributed by atoms with E-state index >= 15 is 0 Å². The second-order valence-electron chi connectivity index (χ2n) is 5.88. The average Bonchev–Trinajstić information content (AvgIpc) is 2.94. The number of hydrogen-bond donors (Lipinski definition) is 1. The van der Waals surface area contributed by atoms with Crippen LogP contribution in [-0.2, 0) is 4.74 Å². The minimum absolute atomic E-state index is 0.136. The van der Waals surface area contributed by atoms with Crippen molar-refractivity contribution < 1.29 is 19.4 Å². The van der Waals surface area contributed by atoms with E-state index < -0.39 is 23.8 Å². The molecule has 1 aliphatic rings. The average molecular weight is 297 g/mol. The van der Waals surface area contributed by atoms with Crippen molar-refractivity contribution in [1.29, 1.82) is 0 Å². The van der Waals surface area contributed by atoms with Crippen molar-refractivity contribution in [1.82, 2.24) is 4.90 Å². The third-order valence-electron chi connectivity index (χ3n) is 2.97. The molecule has 110 valence electrons. The highest BCUT2D eigenvalue weighted by Crippen LogP contribution is 2.25. The SMILES string of the molecule is CC(C)(C)OC(=O)N1C[C@H](O)C[C@@H]1C(=O)c1cccs1. The van der Waals surface area contributed by atoms with Crippen LogP contribution in [0.1, 0.15) is 36.9 Å². The zero-order valence-corrected chi connectivity index (χ0v) is 12.6. The van der Waals surface area contributed by atoms with Crippen molar-refractivity contribution in [3.8, 4) is 0 Å². The number of aliphatic hydroxyl groups is 1. The standard InChI is InChI=1S/C14H19NO4S/c1-14(2,3)19-13(18)15-8-9(16)7-10(15)12(17)11-5-4-6-20-11/h4-6,9-10,16H,7-8H2,1-3H3/t9-,10-/m1/s1. The second kappa shape index (κ2) is 5.54. The molecule has 5 nitrogen and oxygen atoms in total. The molecule has 1 saturated heterocycles. The van der Waals surface area contributed by atoms with Crippen LogP contribution < -0.4 is 0 Å². The normalized spacial score (nSPS) is 22.9. The molecule has 0 radical (unpaired) electrons. The molecule has 0 unspecified atom stereocenters.